The Kier molecular flexibility index (Phi) is 4.61. The Labute approximate surface area is 142 Å². The molecule has 8 heteroatoms. The minimum Gasteiger partial charge on any atom is -0.385 e. The molecule has 0 atom stereocenters. The van der Waals surface area contributed by atoms with E-state index in [1.54, 1.807) is 37.3 Å². The van der Waals surface area contributed by atoms with Crippen LogP contribution in [0.4, 0.5) is 4.39 Å². The fourth-order valence-electron chi connectivity index (χ4n) is 2.08. The standard InChI is InChI=1S/C16H14ClFN4O2/c1-10-2-3-11(6-13(10)18)8-19-16(23)9-24-22-15-7-12(17)4-5-14(15)20-21-22/h2-7H,8-9H2,1H3,(H,19,23). The number of aryl methyl sites for hydroxylation is 1. The molecule has 0 bridgehead atoms. The van der Waals surface area contributed by atoms with Crippen LogP contribution in [0.5, 0.6) is 0 Å². The summed E-state index contributed by atoms with van der Waals surface area (Å²) in [7, 11) is 0. The molecule has 0 unspecified atom stereocenters. The lowest BCUT2D eigenvalue weighted by Gasteiger charge is -2.08. The number of nitrogens with one attached hydrogen (secondary N) is 1. The lowest BCUT2D eigenvalue weighted by molar-refractivity contribution is -0.126. The van der Waals surface area contributed by atoms with Crippen molar-refractivity contribution in [1.82, 2.24) is 20.5 Å². The second kappa shape index (κ2) is 6.84. The summed E-state index contributed by atoms with van der Waals surface area (Å²) in [6.07, 6.45) is 0. The quantitative estimate of drug-likeness (QED) is 0.768. The van der Waals surface area contributed by atoms with Gasteiger partial charge in [0.2, 0.25) is 0 Å². The lowest BCUT2D eigenvalue weighted by atomic mass is 10.1. The van der Waals surface area contributed by atoms with E-state index in [2.05, 4.69) is 15.6 Å². The highest BCUT2D eigenvalue weighted by atomic mass is 35.5. The molecule has 24 heavy (non-hydrogen) atoms. The molecule has 0 spiro atoms. The third-order valence-corrected chi connectivity index (χ3v) is 3.66. The predicted molar refractivity (Wildman–Crippen MR) is 87.0 cm³/mol. The molecule has 0 fully saturated rings. The van der Waals surface area contributed by atoms with Gasteiger partial charge in [0, 0.05) is 11.6 Å². The SMILES string of the molecule is Cc1ccc(CNC(=O)COn2nnc3ccc(Cl)cc32)cc1F. The molecule has 0 aliphatic rings. The molecule has 6 nitrogen and oxygen atoms in total. The van der Waals surface area contributed by atoms with Crippen LogP contribution >= 0.6 is 11.6 Å². The zero-order valence-corrected chi connectivity index (χ0v) is 13.5. The van der Waals surface area contributed by atoms with E-state index in [-0.39, 0.29) is 24.9 Å². The number of nitrogens with zero attached hydrogens (tertiary/aromatic N) is 3. The van der Waals surface area contributed by atoms with Gasteiger partial charge in [-0.25, -0.2) is 4.39 Å². The number of carbonyl (C=O) groups is 1. The van der Waals surface area contributed by atoms with Crippen LogP contribution in [0.15, 0.2) is 36.4 Å². The summed E-state index contributed by atoms with van der Waals surface area (Å²) in [6, 6.07) is 9.85. The smallest absolute Gasteiger partial charge is 0.261 e. The first-order valence-electron chi connectivity index (χ1n) is 7.19. The van der Waals surface area contributed by atoms with E-state index in [1.807, 2.05) is 0 Å². The average molecular weight is 349 g/mol. The fraction of sp³-hybridized carbons (Fsp3) is 0.188. The van der Waals surface area contributed by atoms with E-state index in [4.69, 9.17) is 16.4 Å². The maximum atomic E-state index is 13.5. The van der Waals surface area contributed by atoms with Gasteiger partial charge in [0.1, 0.15) is 16.9 Å². The summed E-state index contributed by atoms with van der Waals surface area (Å²) in [4.78, 5) is 18.3. The second-order valence-electron chi connectivity index (χ2n) is 5.23. The third-order valence-electron chi connectivity index (χ3n) is 3.42. The largest absolute Gasteiger partial charge is 0.385 e. The Hall–Kier alpha value is -2.67. The van der Waals surface area contributed by atoms with Crippen molar-refractivity contribution in [3.8, 4) is 0 Å². The lowest BCUT2D eigenvalue weighted by Crippen LogP contribution is -2.31. The van der Waals surface area contributed by atoms with Crippen LogP contribution in [0, 0.1) is 12.7 Å². The summed E-state index contributed by atoms with van der Waals surface area (Å²) in [5.74, 6) is -0.661. The van der Waals surface area contributed by atoms with Gasteiger partial charge < -0.3 is 10.2 Å². The van der Waals surface area contributed by atoms with E-state index in [1.165, 1.54) is 6.07 Å². The molecule has 0 radical (unpaired) electrons. The van der Waals surface area contributed by atoms with Gasteiger partial charge in [-0.1, -0.05) is 28.6 Å². The van der Waals surface area contributed by atoms with Crippen molar-refractivity contribution in [2.75, 3.05) is 6.61 Å². The number of fused-ring (bicyclic) bond motifs is 1. The molecule has 1 N–H and O–H groups in total. The van der Waals surface area contributed by atoms with Crippen molar-refractivity contribution >= 4 is 28.5 Å². The van der Waals surface area contributed by atoms with Crippen LogP contribution in [0.1, 0.15) is 11.1 Å². The summed E-state index contributed by atoms with van der Waals surface area (Å²) in [5.41, 5.74) is 2.40. The highest BCUT2D eigenvalue weighted by Crippen LogP contribution is 2.16. The van der Waals surface area contributed by atoms with Crippen LogP contribution < -0.4 is 10.2 Å². The predicted octanol–water partition coefficient (Wildman–Crippen LogP) is 2.28. The monoisotopic (exact) mass is 348 g/mol. The number of carbonyl (C=O) groups excluding carboxylic acids is 1. The Morgan fingerprint density at radius 3 is 2.96 bits per heavy atom. The third kappa shape index (κ3) is 3.62. The highest BCUT2D eigenvalue weighted by molar-refractivity contribution is 6.31. The molecule has 1 heterocycles. The Morgan fingerprint density at radius 2 is 2.17 bits per heavy atom. The molecule has 0 aliphatic carbocycles. The number of halogens is 2. The molecule has 1 amide bonds. The van der Waals surface area contributed by atoms with Crippen molar-refractivity contribution in [2.24, 2.45) is 0 Å². The number of amides is 1. The van der Waals surface area contributed by atoms with Crippen LogP contribution in [0.3, 0.4) is 0 Å². The number of hydrogen-bond donors (Lipinski definition) is 1. The summed E-state index contributed by atoms with van der Waals surface area (Å²) in [6.45, 7) is 1.64. The number of aromatic nitrogens is 3. The van der Waals surface area contributed by atoms with Crippen LogP contribution in [0.2, 0.25) is 5.02 Å². The normalized spacial score (nSPS) is 10.8. The number of hydrogen-bond acceptors (Lipinski definition) is 4. The Bertz CT molecular complexity index is 897. The van der Waals surface area contributed by atoms with E-state index >= 15 is 0 Å². The first-order chi connectivity index (χ1) is 11.5. The molecule has 1 aromatic heterocycles. The average Bonchev–Trinajstić information content (AvgIpc) is 2.96. The first-order valence-corrected chi connectivity index (χ1v) is 7.57. The molecular formula is C16H14ClFN4O2. The van der Waals surface area contributed by atoms with Crippen molar-refractivity contribution in [2.45, 2.75) is 13.5 Å². The second-order valence-corrected chi connectivity index (χ2v) is 5.67. The fourth-order valence-corrected chi connectivity index (χ4v) is 2.25. The van der Waals surface area contributed by atoms with Gasteiger partial charge in [-0.3, -0.25) is 4.79 Å². The molecule has 0 aliphatic heterocycles. The molecule has 3 rings (SSSR count). The zero-order valence-electron chi connectivity index (χ0n) is 12.8. The van der Waals surface area contributed by atoms with E-state index in [0.29, 0.717) is 27.2 Å². The maximum Gasteiger partial charge on any atom is 0.261 e. The topological polar surface area (TPSA) is 69.0 Å². The van der Waals surface area contributed by atoms with Crippen molar-refractivity contribution in [1.29, 1.82) is 0 Å². The highest BCUT2D eigenvalue weighted by Gasteiger charge is 2.09. The summed E-state index contributed by atoms with van der Waals surface area (Å²) >= 11 is 5.92. The van der Waals surface area contributed by atoms with Gasteiger partial charge in [-0.05, 0) is 47.5 Å². The molecular weight excluding hydrogens is 335 g/mol. The Morgan fingerprint density at radius 1 is 1.33 bits per heavy atom. The maximum absolute atomic E-state index is 13.5. The number of rotatable bonds is 5. The molecule has 0 saturated carbocycles. The summed E-state index contributed by atoms with van der Waals surface area (Å²) in [5, 5.41) is 10.9. The summed E-state index contributed by atoms with van der Waals surface area (Å²) < 4.78 is 13.5. The van der Waals surface area contributed by atoms with E-state index in [0.717, 1.165) is 4.85 Å². The Balaban J connectivity index is 1.57. The molecule has 3 aromatic rings. The van der Waals surface area contributed by atoms with Crippen LogP contribution in [-0.2, 0) is 11.3 Å². The van der Waals surface area contributed by atoms with Gasteiger partial charge in [-0.2, -0.15) is 0 Å². The van der Waals surface area contributed by atoms with Gasteiger partial charge in [0.05, 0.1) is 0 Å². The zero-order chi connectivity index (χ0) is 17.1. The molecule has 2 aromatic carbocycles. The first kappa shape index (κ1) is 16.2. The van der Waals surface area contributed by atoms with Gasteiger partial charge in [0.25, 0.3) is 5.91 Å². The van der Waals surface area contributed by atoms with E-state index < -0.39 is 0 Å². The van der Waals surface area contributed by atoms with Crippen molar-refractivity contribution in [3.05, 3.63) is 58.4 Å². The van der Waals surface area contributed by atoms with Gasteiger partial charge >= 0.3 is 0 Å². The van der Waals surface area contributed by atoms with Crippen molar-refractivity contribution < 1.29 is 14.0 Å². The minimum absolute atomic E-state index is 0.212. The molecule has 124 valence electrons. The number of benzene rings is 2. The molecule has 0 saturated heterocycles. The minimum atomic E-state index is -0.360. The van der Waals surface area contributed by atoms with E-state index in [9.17, 15) is 9.18 Å². The van der Waals surface area contributed by atoms with Gasteiger partial charge in [-0.15, -0.1) is 5.10 Å². The van der Waals surface area contributed by atoms with Crippen molar-refractivity contribution in [3.63, 3.8) is 0 Å². The van der Waals surface area contributed by atoms with Gasteiger partial charge in [0.15, 0.2) is 6.61 Å². The van der Waals surface area contributed by atoms with Crippen LogP contribution in [-0.4, -0.2) is 27.7 Å². The van der Waals surface area contributed by atoms with Crippen LogP contribution in [0.25, 0.3) is 11.0 Å².